The first-order chi connectivity index (χ1) is 18.5. The molecule has 0 saturated heterocycles. The van der Waals surface area contributed by atoms with E-state index in [4.69, 9.17) is 14.2 Å². The van der Waals surface area contributed by atoms with Crippen LogP contribution >= 0.6 is 0 Å². The van der Waals surface area contributed by atoms with E-state index in [9.17, 15) is 22.7 Å². The number of aromatic nitrogens is 1. The molecule has 3 N–H and O–H groups in total. The van der Waals surface area contributed by atoms with Gasteiger partial charge in [-0.2, -0.15) is 0 Å². The zero-order valence-electron chi connectivity index (χ0n) is 21.9. The van der Waals surface area contributed by atoms with Crippen LogP contribution in [-0.4, -0.2) is 58.0 Å². The zero-order valence-corrected chi connectivity index (χ0v) is 22.7. The lowest BCUT2D eigenvalue weighted by molar-refractivity contribution is 0.0969. The summed E-state index contributed by atoms with van der Waals surface area (Å²) in [7, 11) is -0.652. The Labute approximate surface area is 225 Å². The number of carbonyl (C=O) groups is 1. The van der Waals surface area contributed by atoms with Crippen LogP contribution in [0.2, 0.25) is 0 Å². The van der Waals surface area contributed by atoms with E-state index in [0.29, 0.717) is 22.2 Å². The van der Waals surface area contributed by atoms with Crippen molar-refractivity contribution in [3.05, 3.63) is 77.2 Å². The van der Waals surface area contributed by atoms with Gasteiger partial charge >= 0.3 is 0 Å². The average molecular weight is 557 g/mol. The minimum Gasteiger partial charge on any atom is -0.497 e. The minimum atomic E-state index is -3.61. The number of halogens is 1. The number of hydrogen-bond donors (Lipinski definition) is 3. The summed E-state index contributed by atoms with van der Waals surface area (Å²) in [6.07, 6.45) is 2.64. The number of ketones is 1. The molecule has 0 radical (unpaired) electrons. The molecule has 0 aliphatic heterocycles. The van der Waals surface area contributed by atoms with E-state index in [2.05, 4.69) is 10.3 Å². The predicted octanol–water partition coefficient (Wildman–Crippen LogP) is 4.44. The Hall–Kier alpha value is -4.09. The molecule has 0 fully saturated rings. The summed E-state index contributed by atoms with van der Waals surface area (Å²) >= 11 is 0. The lowest BCUT2D eigenvalue weighted by atomic mass is 9.95. The molecule has 11 heteroatoms. The van der Waals surface area contributed by atoms with Crippen LogP contribution in [0.1, 0.15) is 27.5 Å². The van der Waals surface area contributed by atoms with Gasteiger partial charge in [-0.15, -0.1) is 0 Å². The van der Waals surface area contributed by atoms with Crippen molar-refractivity contribution in [2.24, 2.45) is 0 Å². The third-order valence-corrected chi connectivity index (χ3v) is 7.31. The summed E-state index contributed by atoms with van der Waals surface area (Å²) in [4.78, 5) is 17.3. The second kappa shape index (κ2) is 11.3. The van der Waals surface area contributed by atoms with E-state index in [1.165, 1.54) is 31.4 Å². The molecule has 4 aromatic rings. The van der Waals surface area contributed by atoms with Crippen LogP contribution in [-0.2, 0) is 9.84 Å². The molecule has 0 spiro atoms. The molecule has 0 saturated carbocycles. The summed E-state index contributed by atoms with van der Waals surface area (Å²) < 4.78 is 55.1. The number of Topliss-reactive ketones (excluding diaryl/α,β-unsaturated/α-hetero) is 1. The Morgan fingerprint density at radius 3 is 2.51 bits per heavy atom. The van der Waals surface area contributed by atoms with Crippen LogP contribution in [0, 0.1) is 12.7 Å². The molecule has 1 heterocycles. The number of aliphatic hydroxyl groups is 1. The topological polar surface area (TPSA) is 127 Å². The molecule has 1 atom stereocenters. The fourth-order valence-electron chi connectivity index (χ4n) is 4.30. The molecule has 206 valence electrons. The number of rotatable bonds is 11. The van der Waals surface area contributed by atoms with Crippen molar-refractivity contribution in [2.45, 2.75) is 17.9 Å². The van der Waals surface area contributed by atoms with Crippen molar-refractivity contribution in [1.82, 2.24) is 4.98 Å². The Balaban J connectivity index is 1.88. The second-order valence-corrected chi connectivity index (χ2v) is 11.0. The van der Waals surface area contributed by atoms with Gasteiger partial charge in [-0.3, -0.25) is 4.79 Å². The van der Waals surface area contributed by atoms with Crippen molar-refractivity contribution in [2.75, 3.05) is 39.0 Å². The predicted molar refractivity (Wildman–Crippen MR) is 145 cm³/mol. The molecule has 39 heavy (non-hydrogen) atoms. The number of anilines is 1. The van der Waals surface area contributed by atoms with Crippen molar-refractivity contribution in [3.8, 4) is 17.2 Å². The minimum absolute atomic E-state index is 0.0128. The van der Waals surface area contributed by atoms with Gasteiger partial charge in [-0.1, -0.05) is 0 Å². The van der Waals surface area contributed by atoms with Gasteiger partial charge in [-0.05, 0) is 42.8 Å². The standard InChI is InChI=1S/C28H29FN2O7S/c1-16-9-22-23(15-30-24(22)14-25(16)37-3)28(33)27(21-6-5-17(29)10-26(21)38-8-7-32)31-18-11-19(36-2)13-20(12-18)39(4,34)35/h5-6,9-15,27,30-32H,7-8H2,1-4H3. The highest BCUT2D eigenvalue weighted by atomic mass is 32.2. The van der Waals surface area contributed by atoms with Gasteiger partial charge in [0.15, 0.2) is 15.6 Å². The monoisotopic (exact) mass is 556 g/mol. The molecular formula is C28H29FN2O7S. The van der Waals surface area contributed by atoms with Crippen molar-refractivity contribution >= 4 is 32.2 Å². The fourth-order valence-corrected chi connectivity index (χ4v) is 4.97. The summed E-state index contributed by atoms with van der Waals surface area (Å²) in [5.41, 5.74) is 2.41. The first-order valence-corrected chi connectivity index (χ1v) is 13.8. The Morgan fingerprint density at radius 2 is 1.85 bits per heavy atom. The van der Waals surface area contributed by atoms with E-state index in [-0.39, 0.29) is 40.9 Å². The number of aryl methyl sites for hydroxylation is 1. The molecule has 1 unspecified atom stereocenters. The van der Waals surface area contributed by atoms with Crippen LogP contribution in [0.15, 0.2) is 59.6 Å². The third-order valence-electron chi connectivity index (χ3n) is 6.22. The largest absolute Gasteiger partial charge is 0.497 e. The number of benzene rings is 3. The van der Waals surface area contributed by atoms with Gasteiger partial charge in [0.25, 0.3) is 0 Å². The number of hydrogen-bond acceptors (Lipinski definition) is 8. The summed E-state index contributed by atoms with van der Waals surface area (Å²) in [6, 6.07) is 10.5. The number of aliphatic hydroxyl groups excluding tert-OH is 1. The maximum Gasteiger partial charge on any atom is 0.191 e. The van der Waals surface area contributed by atoms with Crippen LogP contribution in [0.3, 0.4) is 0 Å². The molecule has 9 nitrogen and oxygen atoms in total. The van der Waals surface area contributed by atoms with Gasteiger partial charge in [0.2, 0.25) is 0 Å². The number of carbonyl (C=O) groups excluding carboxylic acids is 1. The molecule has 3 aromatic carbocycles. The van der Waals surface area contributed by atoms with Crippen molar-refractivity contribution < 1.29 is 36.9 Å². The summed E-state index contributed by atoms with van der Waals surface area (Å²) in [5.74, 6) is -0.0134. The highest BCUT2D eigenvalue weighted by Gasteiger charge is 2.29. The summed E-state index contributed by atoms with van der Waals surface area (Å²) in [6.45, 7) is 1.42. The van der Waals surface area contributed by atoms with Gasteiger partial charge in [0.05, 0.1) is 25.7 Å². The smallest absolute Gasteiger partial charge is 0.191 e. The number of fused-ring (bicyclic) bond motifs is 1. The van der Waals surface area contributed by atoms with Crippen molar-refractivity contribution in [1.29, 1.82) is 0 Å². The van der Waals surface area contributed by atoms with Crippen LogP contribution in [0.5, 0.6) is 17.2 Å². The van der Waals surface area contributed by atoms with Crippen molar-refractivity contribution in [3.63, 3.8) is 0 Å². The molecule has 0 amide bonds. The highest BCUT2D eigenvalue weighted by Crippen LogP contribution is 2.36. The van der Waals surface area contributed by atoms with Gasteiger partial charge in [0, 0.05) is 58.4 Å². The normalized spacial score (nSPS) is 12.3. The second-order valence-electron chi connectivity index (χ2n) is 8.93. The molecule has 0 aliphatic carbocycles. The maximum atomic E-state index is 14.2. The first kappa shape index (κ1) is 27.9. The fraction of sp³-hybridized carbons (Fsp3) is 0.250. The lowest BCUT2D eigenvalue weighted by Crippen LogP contribution is -2.22. The highest BCUT2D eigenvalue weighted by molar-refractivity contribution is 7.90. The lowest BCUT2D eigenvalue weighted by Gasteiger charge is -2.23. The number of methoxy groups -OCH3 is 2. The van der Waals surface area contributed by atoms with E-state index in [0.717, 1.165) is 17.9 Å². The van der Waals surface area contributed by atoms with E-state index in [1.54, 1.807) is 25.4 Å². The molecule has 0 bridgehead atoms. The molecular weight excluding hydrogens is 527 g/mol. The number of nitrogens with one attached hydrogen (secondary N) is 2. The molecule has 1 aromatic heterocycles. The molecule has 4 rings (SSSR count). The Bertz CT molecular complexity index is 1630. The van der Waals surface area contributed by atoms with Crippen LogP contribution in [0.4, 0.5) is 10.1 Å². The van der Waals surface area contributed by atoms with E-state index < -0.39 is 27.5 Å². The quantitative estimate of drug-likeness (QED) is 0.232. The van der Waals surface area contributed by atoms with Gasteiger partial charge in [-0.25, -0.2) is 12.8 Å². The van der Waals surface area contributed by atoms with Crippen LogP contribution < -0.4 is 19.5 Å². The van der Waals surface area contributed by atoms with E-state index in [1.807, 2.05) is 13.0 Å². The zero-order chi connectivity index (χ0) is 28.3. The molecule has 0 aliphatic rings. The third kappa shape index (κ3) is 5.99. The van der Waals surface area contributed by atoms with Gasteiger partial charge in [0.1, 0.15) is 35.7 Å². The van der Waals surface area contributed by atoms with Gasteiger partial charge < -0.3 is 29.6 Å². The van der Waals surface area contributed by atoms with Crippen LogP contribution in [0.25, 0.3) is 10.9 Å². The number of ether oxygens (including phenoxy) is 3. The maximum absolute atomic E-state index is 14.2. The number of H-pyrrole nitrogens is 1. The average Bonchev–Trinajstić information content (AvgIpc) is 3.31. The first-order valence-electron chi connectivity index (χ1n) is 11.9. The Morgan fingerprint density at radius 1 is 1.08 bits per heavy atom. The Kier molecular flexibility index (Phi) is 8.12. The summed E-state index contributed by atoms with van der Waals surface area (Å²) in [5, 5.41) is 13.0. The SMILES string of the molecule is COc1cc(NC(C(=O)c2c[nH]c3cc(OC)c(C)cc23)c2ccc(F)cc2OCCO)cc(S(C)(=O)=O)c1. The van der Waals surface area contributed by atoms with E-state index >= 15 is 0 Å². The number of sulfone groups is 1. The number of aromatic amines is 1.